The molecule has 15 heteroatoms. The van der Waals surface area contributed by atoms with E-state index >= 15 is 0 Å². The highest BCUT2D eigenvalue weighted by Gasteiger charge is 2.56. The molecule has 0 saturated carbocycles. The topological polar surface area (TPSA) is 171 Å². The molecular weight excluding hydrogens is 566 g/mol. The van der Waals surface area contributed by atoms with Gasteiger partial charge in [-0.3, -0.25) is 34.2 Å². The van der Waals surface area contributed by atoms with Crippen molar-refractivity contribution in [1.82, 2.24) is 10.2 Å². The van der Waals surface area contributed by atoms with E-state index in [1.54, 1.807) is 12.1 Å². The zero-order valence-electron chi connectivity index (χ0n) is 20.8. The van der Waals surface area contributed by atoms with Crippen LogP contribution in [0.1, 0.15) is 17.4 Å². The first-order valence-corrected chi connectivity index (χ1v) is 13.3. The van der Waals surface area contributed by atoms with Gasteiger partial charge in [-0.05, 0) is 29.1 Å². The first kappa shape index (κ1) is 28.5. The van der Waals surface area contributed by atoms with Gasteiger partial charge in [-0.1, -0.05) is 17.8 Å². The second kappa shape index (κ2) is 12.6. The highest BCUT2D eigenvalue weighted by Crippen LogP contribution is 2.47. The molecule has 1 N–H and O–H groups in total. The van der Waals surface area contributed by atoms with Crippen molar-refractivity contribution in [3.8, 4) is 0 Å². The Morgan fingerprint density at radius 3 is 2.52 bits per heavy atom. The number of nitrogens with one attached hydrogen (secondary N) is 1. The van der Waals surface area contributed by atoms with Crippen LogP contribution in [0.25, 0.3) is 0 Å². The second-order valence-electron chi connectivity index (χ2n) is 8.34. The predicted octanol–water partition coefficient (Wildman–Crippen LogP) is 2.17. The van der Waals surface area contributed by atoms with E-state index < -0.39 is 46.7 Å². The summed E-state index contributed by atoms with van der Waals surface area (Å²) in [6.07, 6.45) is 1.11. The van der Waals surface area contributed by atoms with Crippen LogP contribution in [0.5, 0.6) is 0 Å². The number of nitro groups is 1. The monoisotopic (exact) mass is 587 g/mol. The van der Waals surface area contributed by atoms with E-state index in [0.717, 1.165) is 34.7 Å². The smallest absolute Gasteiger partial charge is 0.355 e. The zero-order chi connectivity index (χ0) is 28.8. The summed E-state index contributed by atoms with van der Waals surface area (Å²) in [5, 5.41) is 14.6. The summed E-state index contributed by atoms with van der Waals surface area (Å²) in [6.45, 7) is 0.587. The lowest BCUT2D eigenvalue weighted by molar-refractivity contribution is -0.384. The van der Waals surface area contributed by atoms with Gasteiger partial charge in [0.15, 0.2) is 0 Å². The third kappa shape index (κ3) is 6.38. The van der Waals surface area contributed by atoms with Crippen LogP contribution in [-0.4, -0.2) is 58.1 Å². The second-order valence-corrected chi connectivity index (χ2v) is 10.5. The average molecular weight is 588 g/mol. The molecule has 1 saturated heterocycles. The maximum atomic E-state index is 13.3. The Morgan fingerprint density at radius 1 is 1.15 bits per heavy atom. The van der Waals surface area contributed by atoms with Crippen molar-refractivity contribution in [2.45, 2.75) is 31.4 Å². The Morgan fingerprint density at radius 2 is 1.90 bits per heavy atom. The van der Waals surface area contributed by atoms with Gasteiger partial charge in [-0.15, -0.1) is 11.3 Å². The van der Waals surface area contributed by atoms with Gasteiger partial charge < -0.3 is 19.5 Å². The molecule has 2 amide bonds. The number of hydrogen-bond donors (Lipinski definition) is 1. The van der Waals surface area contributed by atoms with Crippen molar-refractivity contribution in [3.05, 3.63) is 84.8 Å². The Bertz CT molecular complexity index is 1400. The van der Waals surface area contributed by atoms with Crippen LogP contribution >= 0.6 is 23.1 Å². The van der Waals surface area contributed by atoms with Gasteiger partial charge in [-0.25, -0.2) is 4.79 Å². The van der Waals surface area contributed by atoms with Crippen LogP contribution < -0.4 is 5.32 Å². The minimum atomic E-state index is -0.996. The van der Waals surface area contributed by atoms with Crippen LogP contribution in [0.3, 0.4) is 0 Å². The number of nitrogens with zero attached hydrogens (tertiary/aromatic N) is 2. The lowest BCUT2D eigenvalue weighted by Gasteiger charge is -2.50. The van der Waals surface area contributed by atoms with Crippen molar-refractivity contribution in [1.29, 1.82) is 0 Å². The summed E-state index contributed by atoms with van der Waals surface area (Å²) in [7, 11) is 0. The number of carbonyl (C=O) groups is 5. The number of ether oxygens (including phenoxy) is 3. The highest BCUT2D eigenvalue weighted by molar-refractivity contribution is 8.04. The first-order chi connectivity index (χ1) is 19.2. The fourth-order valence-corrected chi connectivity index (χ4v) is 5.88. The average Bonchev–Trinajstić information content (AvgIpc) is 3.44. The summed E-state index contributed by atoms with van der Waals surface area (Å²) in [5.41, 5.74) is 0.110. The summed E-state index contributed by atoms with van der Waals surface area (Å²) in [4.78, 5) is 74.1. The van der Waals surface area contributed by atoms with Crippen molar-refractivity contribution < 1.29 is 43.1 Å². The summed E-state index contributed by atoms with van der Waals surface area (Å²) >= 11 is 2.42. The third-order valence-corrected chi connectivity index (χ3v) is 7.90. The molecule has 2 aromatic rings. The molecule has 208 valence electrons. The van der Waals surface area contributed by atoms with E-state index in [1.807, 2.05) is 5.38 Å². The van der Waals surface area contributed by atoms with Gasteiger partial charge in [0.2, 0.25) is 5.91 Å². The summed E-state index contributed by atoms with van der Waals surface area (Å²) in [6, 6.07) is 7.92. The molecule has 2 atom stereocenters. The summed E-state index contributed by atoms with van der Waals surface area (Å²) in [5.74, 6) is -2.61. The number of fused-ring (bicyclic) bond motifs is 1. The lowest BCUT2D eigenvalue weighted by Crippen LogP contribution is -2.70. The maximum absolute atomic E-state index is 13.3. The number of rotatable bonds is 11. The van der Waals surface area contributed by atoms with Crippen LogP contribution in [-0.2, 0) is 51.2 Å². The minimum absolute atomic E-state index is 0.0590. The number of non-ortho nitro benzene ring substituents is 1. The van der Waals surface area contributed by atoms with Gasteiger partial charge in [-0.2, -0.15) is 0 Å². The van der Waals surface area contributed by atoms with Gasteiger partial charge in [0.05, 0.1) is 16.2 Å². The molecule has 0 spiro atoms. The molecule has 1 aromatic heterocycles. The fourth-order valence-electron chi connectivity index (χ4n) is 3.87. The Labute approximate surface area is 234 Å². The van der Waals surface area contributed by atoms with Crippen molar-refractivity contribution in [2.24, 2.45) is 0 Å². The molecule has 0 bridgehead atoms. The van der Waals surface area contributed by atoms with E-state index in [4.69, 9.17) is 14.2 Å². The molecule has 13 nitrogen and oxygen atoms in total. The van der Waals surface area contributed by atoms with E-state index in [-0.39, 0.29) is 41.4 Å². The fraction of sp³-hybridized carbons (Fsp3) is 0.240. The molecule has 1 unspecified atom stereocenters. The van der Waals surface area contributed by atoms with Crippen LogP contribution in [0.2, 0.25) is 0 Å². The summed E-state index contributed by atoms with van der Waals surface area (Å²) < 4.78 is 15.3. The quantitative estimate of drug-likeness (QED) is 0.0777. The SMILES string of the molecule is CC(=O)OCC1=C(C(=O)OCc2ccc([N+](=O)[O-])cc2)N2C(=O)C(NC(=O)Cc3cccs3)[C@H]2S/C1=C/OC=O. The lowest BCUT2D eigenvalue weighted by atomic mass is 10.0. The van der Waals surface area contributed by atoms with Crippen LogP contribution in [0.15, 0.2) is 64.2 Å². The molecule has 1 fully saturated rings. The molecule has 2 aliphatic heterocycles. The molecule has 3 heterocycles. The van der Waals surface area contributed by atoms with Gasteiger partial charge in [0, 0.05) is 29.5 Å². The maximum Gasteiger partial charge on any atom is 0.355 e. The van der Waals surface area contributed by atoms with Crippen molar-refractivity contribution in [2.75, 3.05) is 6.61 Å². The van der Waals surface area contributed by atoms with Crippen molar-refractivity contribution >= 4 is 59.0 Å². The first-order valence-electron chi connectivity index (χ1n) is 11.6. The number of thioether (sulfide) groups is 1. The van der Waals surface area contributed by atoms with Gasteiger partial charge in [0.1, 0.15) is 36.6 Å². The number of benzene rings is 1. The number of amides is 2. The molecule has 0 radical (unpaired) electrons. The molecule has 2 aliphatic rings. The largest absolute Gasteiger partial charge is 0.461 e. The molecule has 0 aliphatic carbocycles. The number of carbonyl (C=O) groups excluding carboxylic acids is 5. The van der Waals surface area contributed by atoms with Crippen LogP contribution in [0.4, 0.5) is 5.69 Å². The normalized spacial score (nSPS) is 18.9. The van der Waals surface area contributed by atoms with E-state index in [1.165, 1.54) is 35.6 Å². The molecule has 4 rings (SSSR count). The van der Waals surface area contributed by atoms with Gasteiger partial charge >= 0.3 is 11.9 Å². The Balaban J connectivity index is 1.60. The van der Waals surface area contributed by atoms with Crippen LogP contribution in [0, 0.1) is 10.1 Å². The molecule has 1 aromatic carbocycles. The van der Waals surface area contributed by atoms with E-state index in [9.17, 15) is 34.1 Å². The number of nitro benzene ring substituents is 1. The van der Waals surface area contributed by atoms with E-state index in [2.05, 4.69) is 5.32 Å². The minimum Gasteiger partial charge on any atom is -0.461 e. The number of thiophene rings is 1. The standard InChI is InChI=1S/C25H21N3O10S2/c1-14(30)37-11-18-19(12-36-13-29)40-24-21(26-20(31)9-17-3-2-8-39-17)23(32)27(24)22(18)25(33)38-10-15-4-6-16(7-5-15)28(34)35/h2-8,12-13,21,24H,9-11H2,1H3,(H,26,31)/b19-12+/t21?,24-/m1/s1. The van der Waals surface area contributed by atoms with Crippen molar-refractivity contribution in [3.63, 3.8) is 0 Å². The zero-order valence-corrected chi connectivity index (χ0v) is 22.4. The Kier molecular flexibility index (Phi) is 8.96. The van der Waals surface area contributed by atoms with Gasteiger partial charge in [0.25, 0.3) is 18.1 Å². The Hall–Kier alpha value is -4.50. The number of hydrogen-bond acceptors (Lipinski definition) is 12. The molecule has 40 heavy (non-hydrogen) atoms. The number of β-lactam (4-membered cyclic amide) rings is 1. The third-order valence-electron chi connectivity index (χ3n) is 5.71. The molecular formula is C25H21N3O10S2. The highest BCUT2D eigenvalue weighted by atomic mass is 32.2. The number of esters is 2. The predicted molar refractivity (Wildman–Crippen MR) is 140 cm³/mol. The van der Waals surface area contributed by atoms with E-state index in [0.29, 0.717) is 5.56 Å².